The molecular weight excluding hydrogens is 255 g/mol. The van der Waals surface area contributed by atoms with Gasteiger partial charge in [-0.1, -0.05) is 30.3 Å². The maximum atomic E-state index is 13.1. The summed E-state index contributed by atoms with van der Waals surface area (Å²) in [6.07, 6.45) is 0.292. The Hall–Kier alpha value is -1.07. The number of aromatic carboxylic acids is 1. The van der Waals surface area contributed by atoms with Crippen molar-refractivity contribution in [2.24, 2.45) is 0 Å². The number of carboxylic acids is 1. The van der Waals surface area contributed by atoms with E-state index in [9.17, 15) is 14.0 Å². The lowest BCUT2D eigenvalue weighted by molar-refractivity contribution is -0.110. The van der Waals surface area contributed by atoms with E-state index in [2.05, 4.69) is 0 Å². The number of carboxylic acid groups (broad SMARTS) is 1. The summed E-state index contributed by atoms with van der Waals surface area (Å²) < 4.78 is 13.1. The van der Waals surface area contributed by atoms with Gasteiger partial charge in [0.1, 0.15) is 5.82 Å². The van der Waals surface area contributed by atoms with Crippen LogP contribution in [-0.2, 0) is 4.79 Å². The first-order chi connectivity index (χ1) is 7.45. The van der Waals surface area contributed by atoms with Crippen molar-refractivity contribution in [1.29, 1.82) is 0 Å². The van der Waals surface area contributed by atoms with Crippen LogP contribution in [0.1, 0.15) is 23.7 Å². The van der Waals surface area contributed by atoms with Crippen LogP contribution in [0.3, 0.4) is 0 Å². The molecule has 0 aromatic heterocycles. The SMILES string of the molecule is CCC(=O)Sc1cc(C(=O)O)c(F)cc1Cl. The van der Waals surface area contributed by atoms with E-state index in [1.807, 2.05) is 0 Å². The summed E-state index contributed by atoms with van der Waals surface area (Å²) in [6, 6.07) is 1.97. The van der Waals surface area contributed by atoms with Crippen LogP contribution in [0.25, 0.3) is 0 Å². The Morgan fingerprint density at radius 2 is 2.12 bits per heavy atom. The normalized spacial score (nSPS) is 10.2. The van der Waals surface area contributed by atoms with Gasteiger partial charge in [0.15, 0.2) is 5.12 Å². The van der Waals surface area contributed by atoms with Gasteiger partial charge in [-0.15, -0.1) is 0 Å². The molecule has 1 rings (SSSR count). The summed E-state index contributed by atoms with van der Waals surface area (Å²) in [4.78, 5) is 22.1. The molecule has 86 valence electrons. The van der Waals surface area contributed by atoms with Gasteiger partial charge in [0.25, 0.3) is 0 Å². The lowest BCUT2D eigenvalue weighted by Crippen LogP contribution is -2.01. The Morgan fingerprint density at radius 3 is 2.62 bits per heavy atom. The zero-order valence-electron chi connectivity index (χ0n) is 8.29. The maximum absolute atomic E-state index is 13.1. The Labute approximate surface area is 101 Å². The number of carbonyl (C=O) groups excluding carboxylic acids is 1. The summed E-state index contributed by atoms with van der Waals surface area (Å²) in [5.74, 6) is -2.30. The van der Waals surface area contributed by atoms with Crippen molar-refractivity contribution in [3.8, 4) is 0 Å². The molecule has 0 spiro atoms. The van der Waals surface area contributed by atoms with Gasteiger partial charge in [-0.05, 0) is 12.1 Å². The Kier molecular flexibility index (Phi) is 4.32. The number of halogens is 2. The topological polar surface area (TPSA) is 54.4 Å². The van der Waals surface area contributed by atoms with E-state index in [1.54, 1.807) is 6.92 Å². The van der Waals surface area contributed by atoms with E-state index in [1.165, 1.54) is 0 Å². The molecule has 16 heavy (non-hydrogen) atoms. The molecule has 0 heterocycles. The molecule has 0 saturated heterocycles. The Morgan fingerprint density at radius 1 is 1.50 bits per heavy atom. The molecule has 0 unspecified atom stereocenters. The van der Waals surface area contributed by atoms with Crippen molar-refractivity contribution in [2.75, 3.05) is 0 Å². The first kappa shape index (κ1) is 13.0. The number of benzene rings is 1. The molecule has 0 amide bonds. The minimum Gasteiger partial charge on any atom is -0.478 e. The summed E-state index contributed by atoms with van der Waals surface area (Å²) in [6.45, 7) is 1.67. The van der Waals surface area contributed by atoms with E-state index in [4.69, 9.17) is 16.7 Å². The fourth-order valence-electron chi connectivity index (χ4n) is 0.966. The van der Waals surface area contributed by atoms with Crippen LogP contribution >= 0.6 is 23.4 Å². The second kappa shape index (κ2) is 5.32. The maximum Gasteiger partial charge on any atom is 0.338 e. The molecule has 0 aliphatic heterocycles. The van der Waals surface area contributed by atoms with Crippen LogP contribution in [0.5, 0.6) is 0 Å². The highest BCUT2D eigenvalue weighted by atomic mass is 35.5. The van der Waals surface area contributed by atoms with Crippen LogP contribution in [0, 0.1) is 5.82 Å². The van der Waals surface area contributed by atoms with Crippen molar-refractivity contribution < 1.29 is 19.1 Å². The minimum absolute atomic E-state index is 0.0364. The third kappa shape index (κ3) is 2.96. The quantitative estimate of drug-likeness (QED) is 0.850. The van der Waals surface area contributed by atoms with Crippen molar-refractivity contribution in [2.45, 2.75) is 18.2 Å². The highest BCUT2D eigenvalue weighted by Gasteiger charge is 2.16. The summed E-state index contributed by atoms with van der Waals surface area (Å²) >= 11 is 6.51. The predicted octanol–water partition coefficient (Wildman–Crippen LogP) is 3.21. The average molecular weight is 263 g/mol. The summed E-state index contributed by atoms with van der Waals surface area (Å²) in [5.41, 5.74) is -0.490. The van der Waals surface area contributed by atoms with Gasteiger partial charge in [-0.25, -0.2) is 9.18 Å². The Bertz CT molecular complexity index is 448. The minimum atomic E-state index is -1.39. The van der Waals surface area contributed by atoms with Gasteiger partial charge in [0.2, 0.25) is 0 Å². The van der Waals surface area contributed by atoms with E-state index < -0.39 is 17.3 Å². The lowest BCUT2D eigenvalue weighted by Gasteiger charge is -2.04. The van der Waals surface area contributed by atoms with Crippen molar-refractivity contribution >= 4 is 34.4 Å². The number of carbonyl (C=O) groups is 2. The van der Waals surface area contributed by atoms with Crippen LogP contribution in [0.15, 0.2) is 17.0 Å². The third-order valence-electron chi connectivity index (χ3n) is 1.76. The molecular formula is C10H8ClFO3S. The van der Waals surface area contributed by atoms with Crippen molar-refractivity contribution in [1.82, 2.24) is 0 Å². The van der Waals surface area contributed by atoms with Gasteiger partial charge < -0.3 is 5.11 Å². The number of rotatable bonds is 3. The van der Waals surface area contributed by atoms with E-state index in [0.29, 0.717) is 6.42 Å². The largest absolute Gasteiger partial charge is 0.478 e. The third-order valence-corrected chi connectivity index (χ3v) is 3.26. The molecule has 0 saturated carbocycles. The first-order valence-corrected chi connectivity index (χ1v) is 5.58. The molecule has 0 bridgehead atoms. The van der Waals surface area contributed by atoms with Gasteiger partial charge in [0, 0.05) is 11.3 Å². The highest BCUT2D eigenvalue weighted by molar-refractivity contribution is 8.13. The zero-order valence-corrected chi connectivity index (χ0v) is 9.86. The molecule has 1 aromatic rings. The van der Waals surface area contributed by atoms with Crippen LogP contribution < -0.4 is 0 Å². The van der Waals surface area contributed by atoms with Gasteiger partial charge in [-0.3, -0.25) is 4.79 Å². The molecule has 0 radical (unpaired) electrons. The highest BCUT2D eigenvalue weighted by Crippen LogP contribution is 2.30. The molecule has 0 aliphatic carbocycles. The van der Waals surface area contributed by atoms with Crippen LogP contribution in [-0.4, -0.2) is 16.2 Å². The molecule has 0 aliphatic rings. The van der Waals surface area contributed by atoms with E-state index >= 15 is 0 Å². The molecule has 0 atom stereocenters. The zero-order chi connectivity index (χ0) is 12.3. The second-order valence-corrected chi connectivity index (χ2v) is 4.40. The average Bonchev–Trinajstić information content (AvgIpc) is 2.21. The van der Waals surface area contributed by atoms with Crippen LogP contribution in [0.4, 0.5) is 4.39 Å². The fraction of sp³-hybridized carbons (Fsp3) is 0.200. The van der Waals surface area contributed by atoms with Crippen molar-refractivity contribution in [3.63, 3.8) is 0 Å². The monoisotopic (exact) mass is 262 g/mol. The smallest absolute Gasteiger partial charge is 0.338 e. The number of hydrogen-bond donors (Lipinski definition) is 1. The van der Waals surface area contributed by atoms with E-state index in [0.717, 1.165) is 23.9 Å². The number of thioether (sulfide) groups is 1. The van der Waals surface area contributed by atoms with Gasteiger partial charge in [0.05, 0.1) is 10.6 Å². The molecule has 6 heteroatoms. The molecule has 1 aromatic carbocycles. The first-order valence-electron chi connectivity index (χ1n) is 4.38. The second-order valence-electron chi connectivity index (χ2n) is 2.90. The Balaban J connectivity index is 3.14. The molecule has 1 N–H and O–H groups in total. The standard InChI is InChI=1S/C10H8ClFO3S/c1-2-9(13)16-8-3-5(10(14)15)7(12)4-6(8)11/h3-4H,2H2,1H3,(H,14,15). The summed E-state index contributed by atoms with van der Waals surface area (Å²) in [7, 11) is 0. The molecule has 0 fully saturated rings. The fourth-order valence-corrected chi connectivity index (χ4v) is 1.95. The van der Waals surface area contributed by atoms with Gasteiger partial charge >= 0.3 is 5.97 Å². The molecule has 3 nitrogen and oxygen atoms in total. The van der Waals surface area contributed by atoms with Crippen LogP contribution in [0.2, 0.25) is 5.02 Å². The lowest BCUT2D eigenvalue weighted by atomic mass is 10.2. The van der Waals surface area contributed by atoms with Crippen molar-refractivity contribution in [3.05, 3.63) is 28.5 Å². The summed E-state index contributed by atoms with van der Waals surface area (Å²) in [5, 5.41) is 8.57. The van der Waals surface area contributed by atoms with Gasteiger partial charge in [-0.2, -0.15) is 0 Å². The number of hydrogen-bond acceptors (Lipinski definition) is 3. The predicted molar refractivity (Wildman–Crippen MR) is 59.5 cm³/mol. The van der Waals surface area contributed by atoms with E-state index in [-0.39, 0.29) is 15.0 Å².